The van der Waals surface area contributed by atoms with Crippen molar-refractivity contribution in [3.8, 4) is 0 Å². The Morgan fingerprint density at radius 1 is 0.862 bits per heavy atom. The second-order valence-corrected chi connectivity index (χ2v) is 9.09. The van der Waals surface area contributed by atoms with Crippen LogP contribution >= 0.6 is 34.8 Å². The number of rotatable bonds is 6. The van der Waals surface area contributed by atoms with Crippen LogP contribution in [0.2, 0.25) is 15.1 Å². The van der Waals surface area contributed by atoms with Crippen LogP contribution in [0.1, 0.15) is 0 Å². The minimum atomic E-state index is -3.99. The van der Waals surface area contributed by atoms with Crippen LogP contribution < -0.4 is 9.62 Å². The van der Waals surface area contributed by atoms with Gasteiger partial charge in [0.2, 0.25) is 5.91 Å². The number of carbonyl (C=O) groups is 1. The number of hydrogen-bond donors (Lipinski definition) is 1. The number of nitrogens with one attached hydrogen (secondary N) is 1. The molecule has 0 radical (unpaired) electrons. The lowest BCUT2D eigenvalue weighted by molar-refractivity contribution is -0.114. The summed E-state index contributed by atoms with van der Waals surface area (Å²) >= 11 is 17.8. The van der Waals surface area contributed by atoms with Crippen LogP contribution in [0.4, 0.5) is 11.4 Å². The lowest BCUT2D eigenvalue weighted by atomic mass is 10.3. The molecular formula is C20H15Cl3N2O3S. The van der Waals surface area contributed by atoms with Crippen molar-refractivity contribution < 1.29 is 13.2 Å². The number of sulfonamides is 1. The van der Waals surface area contributed by atoms with E-state index in [2.05, 4.69) is 5.32 Å². The van der Waals surface area contributed by atoms with Gasteiger partial charge in [-0.05, 0) is 54.6 Å². The predicted octanol–water partition coefficient (Wildman–Crippen LogP) is 5.48. The van der Waals surface area contributed by atoms with Gasteiger partial charge >= 0.3 is 0 Å². The van der Waals surface area contributed by atoms with Gasteiger partial charge in [0.25, 0.3) is 10.0 Å². The molecule has 0 aliphatic rings. The van der Waals surface area contributed by atoms with Crippen LogP contribution in [0.3, 0.4) is 0 Å². The number of carbonyl (C=O) groups excluding carboxylic acids is 1. The maximum atomic E-state index is 13.2. The van der Waals surface area contributed by atoms with Gasteiger partial charge in [0.05, 0.1) is 20.6 Å². The Balaban J connectivity index is 1.92. The highest BCUT2D eigenvalue weighted by atomic mass is 35.5. The molecule has 0 fully saturated rings. The van der Waals surface area contributed by atoms with E-state index in [1.807, 2.05) is 0 Å². The van der Waals surface area contributed by atoms with E-state index in [1.54, 1.807) is 36.4 Å². The molecule has 0 bridgehead atoms. The zero-order chi connectivity index (χ0) is 21.0. The quantitative estimate of drug-likeness (QED) is 0.520. The molecule has 150 valence electrons. The first-order valence-electron chi connectivity index (χ1n) is 8.35. The maximum Gasteiger partial charge on any atom is 0.264 e. The fourth-order valence-corrected chi connectivity index (χ4v) is 4.41. The van der Waals surface area contributed by atoms with Crippen molar-refractivity contribution in [1.29, 1.82) is 0 Å². The Kier molecular flexibility index (Phi) is 6.70. The molecule has 3 aromatic carbocycles. The van der Waals surface area contributed by atoms with E-state index in [0.717, 1.165) is 4.31 Å². The van der Waals surface area contributed by atoms with Gasteiger partial charge in [-0.15, -0.1) is 0 Å². The van der Waals surface area contributed by atoms with Gasteiger partial charge in [0.15, 0.2) is 0 Å². The van der Waals surface area contributed by atoms with E-state index >= 15 is 0 Å². The second-order valence-electron chi connectivity index (χ2n) is 5.98. The molecule has 0 spiro atoms. The van der Waals surface area contributed by atoms with Crippen molar-refractivity contribution in [2.24, 2.45) is 0 Å². The predicted molar refractivity (Wildman–Crippen MR) is 118 cm³/mol. The zero-order valence-corrected chi connectivity index (χ0v) is 17.9. The fourth-order valence-electron chi connectivity index (χ4n) is 2.55. The van der Waals surface area contributed by atoms with Crippen LogP contribution in [0.5, 0.6) is 0 Å². The SMILES string of the molecule is O=C(CN(c1ccc(Cl)cc1)S(=O)(=O)c1ccccc1)Nc1ccc(Cl)c(Cl)c1. The Hall–Kier alpha value is -2.25. The fraction of sp³-hybridized carbons (Fsp3) is 0.0500. The highest BCUT2D eigenvalue weighted by Gasteiger charge is 2.27. The summed E-state index contributed by atoms with van der Waals surface area (Å²) in [7, 11) is -3.99. The minimum absolute atomic E-state index is 0.0669. The van der Waals surface area contributed by atoms with E-state index in [0.29, 0.717) is 21.4 Å². The lowest BCUT2D eigenvalue weighted by Gasteiger charge is -2.24. The molecule has 0 aliphatic carbocycles. The Labute approximate surface area is 183 Å². The molecule has 1 amide bonds. The highest BCUT2D eigenvalue weighted by Crippen LogP contribution is 2.27. The summed E-state index contributed by atoms with van der Waals surface area (Å²) < 4.78 is 27.4. The van der Waals surface area contributed by atoms with Crippen molar-refractivity contribution >= 4 is 62.1 Å². The van der Waals surface area contributed by atoms with Gasteiger partial charge in [0, 0.05) is 10.7 Å². The highest BCUT2D eigenvalue weighted by molar-refractivity contribution is 7.92. The number of halogens is 3. The molecule has 29 heavy (non-hydrogen) atoms. The average Bonchev–Trinajstić information content (AvgIpc) is 2.70. The van der Waals surface area contributed by atoms with E-state index in [-0.39, 0.29) is 9.92 Å². The summed E-state index contributed by atoms with van der Waals surface area (Å²) in [6.45, 7) is -0.445. The van der Waals surface area contributed by atoms with E-state index in [1.165, 1.54) is 36.4 Å². The van der Waals surface area contributed by atoms with Gasteiger partial charge in [-0.1, -0.05) is 53.0 Å². The molecule has 0 saturated carbocycles. The molecule has 3 aromatic rings. The molecule has 0 atom stereocenters. The smallest absolute Gasteiger partial charge is 0.264 e. The van der Waals surface area contributed by atoms with Gasteiger partial charge in [-0.25, -0.2) is 8.42 Å². The van der Waals surface area contributed by atoms with Crippen LogP contribution in [-0.2, 0) is 14.8 Å². The summed E-state index contributed by atoms with van der Waals surface area (Å²) in [6.07, 6.45) is 0. The van der Waals surface area contributed by atoms with Crippen molar-refractivity contribution in [3.63, 3.8) is 0 Å². The Bertz CT molecular complexity index is 1120. The number of anilines is 2. The normalized spacial score (nSPS) is 11.1. The number of nitrogens with zero attached hydrogens (tertiary/aromatic N) is 1. The lowest BCUT2D eigenvalue weighted by Crippen LogP contribution is -2.38. The monoisotopic (exact) mass is 468 g/mol. The first-order chi connectivity index (χ1) is 13.8. The maximum absolute atomic E-state index is 13.2. The van der Waals surface area contributed by atoms with Crippen LogP contribution in [0, 0.1) is 0 Å². The van der Waals surface area contributed by atoms with E-state index < -0.39 is 22.5 Å². The third-order valence-corrected chi connectivity index (χ3v) is 6.72. The number of hydrogen-bond acceptors (Lipinski definition) is 3. The molecule has 0 heterocycles. The van der Waals surface area contributed by atoms with Crippen LogP contribution in [0.25, 0.3) is 0 Å². The second kappa shape index (κ2) is 9.05. The van der Waals surface area contributed by atoms with Crippen LogP contribution in [-0.4, -0.2) is 20.9 Å². The molecule has 3 rings (SSSR count). The molecule has 0 aliphatic heterocycles. The van der Waals surface area contributed by atoms with Gasteiger partial charge < -0.3 is 5.32 Å². The standard InChI is InChI=1S/C20H15Cl3N2O3S/c21-14-6-9-16(10-7-14)25(29(27,28)17-4-2-1-3-5-17)13-20(26)24-15-8-11-18(22)19(23)12-15/h1-12H,13H2,(H,24,26). The van der Waals surface area contributed by atoms with Gasteiger partial charge in [0.1, 0.15) is 6.54 Å². The van der Waals surface area contributed by atoms with Crippen molar-refractivity contribution in [2.75, 3.05) is 16.2 Å². The summed E-state index contributed by atoms with van der Waals surface area (Å²) in [6, 6.07) is 18.7. The first kappa shape index (κ1) is 21.5. The number of benzene rings is 3. The van der Waals surface area contributed by atoms with Crippen molar-refractivity contribution in [2.45, 2.75) is 4.90 Å². The Morgan fingerprint density at radius 3 is 2.14 bits per heavy atom. The third-order valence-electron chi connectivity index (χ3n) is 3.94. The molecule has 9 heteroatoms. The molecular weight excluding hydrogens is 455 g/mol. The minimum Gasteiger partial charge on any atom is -0.324 e. The molecule has 0 aromatic heterocycles. The summed E-state index contributed by atoms with van der Waals surface area (Å²) in [5.74, 6) is -0.544. The topological polar surface area (TPSA) is 66.5 Å². The van der Waals surface area contributed by atoms with Crippen molar-refractivity contribution in [3.05, 3.63) is 87.9 Å². The molecule has 5 nitrogen and oxygen atoms in total. The third kappa shape index (κ3) is 5.22. The summed E-state index contributed by atoms with van der Waals surface area (Å²) in [5, 5.41) is 3.70. The molecule has 1 N–H and O–H groups in total. The van der Waals surface area contributed by atoms with Crippen LogP contribution in [0.15, 0.2) is 77.7 Å². The van der Waals surface area contributed by atoms with Gasteiger partial charge in [-0.3, -0.25) is 9.10 Å². The van der Waals surface area contributed by atoms with E-state index in [9.17, 15) is 13.2 Å². The Morgan fingerprint density at radius 2 is 1.52 bits per heavy atom. The first-order valence-corrected chi connectivity index (χ1v) is 10.9. The summed E-state index contributed by atoms with van der Waals surface area (Å²) in [5.41, 5.74) is 0.708. The molecule has 0 unspecified atom stereocenters. The van der Waals surface area contributed by atoms with E-state index in [4.69, 9.17) is 34.8 Å². The largest absolute Gasteiger partial charge is 0.324 e. The van der Waals surface area contributed by atoms with Gasteiger partial charge in [-0.2, -0.15) is 0 Å². The molecule has 0 saturated heterocycles. The zero-order valence-electron chi connectivity index (χ0n) is 14.8. The average molecular weight is 470 g/mol. The number of amides is 1. The van der Waals surface area contributed by atoms with Crippen molar-refractivity contribution in [1.82, 2.24) is 0 Å². The summed E-state index contributed by atoms with van der Waals surface area (Å²) in [4.78, 5) is 12.7.